The average Bonchev–Trinajstić information content (AvgIpc) is 1.19. The second-order valence-electron chi connectivity index (χ2n) is 1.82. The second-order valence-corrected chi connectivity index (χ2v) is 2.29. The van der Waals surface area contributed by atoms with E-state index in [0.717, 1.165) is 0 Å². The van der Waals surface area contributed by atoms with Crippen molar-refractivity contribution in [3.63, 3.8) is 0 Å². The van der Waals surface area contributed by atoms with Crippen LogP contribution >= 0.6 is 12.2 Å². The fourth-order valence-electron chi connectivity index (χ4n) is 0.250. The van der Waals surface area contributed by atoms with E-state index in [1.165, 1.54) is 25.7 Å². The lowest BCUT2D eigenvalue weighted by Crippen LogP contribution is -2.18. The Kier molecular flexibility index (Phi) is 4.65. The molecule has 48 valence electrons. The molecule has 0 amide bonds. The molecule has 1 aliphatic rings. The maximum absolute atomic E-state index is 4.62. The highest BCUT2D eigenvalue weighted by Gasteiger charge is 1.95. The molecule has 0 aromatic heterocycles. The van der Waals surface area contributed by atoms with E-state index in [1.54, 1.807) is 0 Å². The van der Waals surface area contributed by atoms with Crippen LogP contribution in [0.1, 0.15) is 25.7 Å². The van der Waals surface area contributed by atoms with E-state index in [1.807, 2.05) is 0 Å². The highest BCUT2D eigenvalue weighted by Crippen LogP contribution is 2.15. The molecule has 0 unspecified atom stereocenters. The highest BCUT2D eigenvalue weighted by molar-refractivity contribution is 7.80. The summed E-state index contributed by atoms with van der Waals surface area (Å²) < 4.78 is 0. The first kappa shape index (κ1) is 7.69. The lowest BCUT2D eigenvalue weighted by Gasteiger charge is -2.05. The Hall–Kier alpha value is -0.310. The second kappa shape index (κ2) is 4.84. The third-order valence-electron chi connectivity index (χ3n) is 1.000. The van der Waals surface area contributed by atoms with Crippen molar-refractivity contribution in [3.05, 3.63) is 0 Å². The van der Waals surface area contributed by atoms with E-state index < -0.39 is 0 Å². The molecule has 1 aliphatic carbocycles. The average molecular weight is 132 g/mol. The zero-order valence-electron chi connectivity index (χ0n) is 4.89. The summed E-state index contributed by atoms with van der Waals surface area (Å²) in [6.07, 6.45) is 6.00. The Morgan fingerprint density at radius 3 is 1.12 bits per heavy atom. The number of thiocarbonyl (C=S) groups is 1. The Morgan fingerprint density at radius 1 is 1.00 bits per heavy atom. The largest absolute Gasteiger partial charge is 0.377 e. The third-order valence-corrected chi connectivity index (χ3v) is 1.000. The van der Waals surface area contributed by atoms with Gasteiger partial charge in [0.05, 0.1) is 0 Å². The van der Waals surface area contributed by atoms with Crippen molar-refractivity contribution < 1.29 is 0 Å². The number of nitrogens with two attached hydrogens (primary N) is 2. The summed E-state index contributed by atoms with van der Waals surface area (Å²) in [5.74, 6) is 0. The molecule has 4 N–H and O–H groups in total. The number of hydrogen-bond donors (Lipinski definition) is 2. The topological polar surface area (TPSA) is 52.0 Å². The van der Waals surface area contributed by atoms with E-state index in [9.17, 15) is 0 Å². The van der Waals surface area contributed by atoms with Crippen molar-refractivity contribution >= 4 is 17.3 Å². The molecule has 2 nitrogen and oxygen atoms in total. The SMILES string of the molecule is C1CCC1.NC(N)=S. The van der Waals surface area contributed by atoms with Gasteiger partial charge < -0.3 is 11.5 Å². The molecule has 0 atom stereocenters. The standard InChI is InChI=1S/C4H8.CH4N2S/c1-2-4-3-1;2-1(3)4/h1-4H2;(H4,2,3,4). The van der Waals surface area contributed by atoms with Gasteiger partial charge in [0, 0.05) is 0 Å². The smallest absolute Gasteiger partial charge is 0.160 e. The van der Waals surface area contributed by atoms with E-state index in [0.29, 0.717) is 0 Å². The molecule has 1 saturated carbocycles. The van der Waals surface area contributed by atoms with Gasteiger partial charge in [0.2, 0.25) is 0 Å². The fourth-order valence-corrected chi connectivity index (χ4v) is 0.250. The van der Waals surface area contributed by atoms with Crippen molar-refractivity contribution in [2.45, 2.75) is 25.7 Å². The van der Waals surface area contributed by atoms with Gasteiger partial charge in [-0.25, -0.2) is 0 Å². The minimum Gasteiger partial charge on any atom is -0.377 e. The maximum atomic E-state index is 4.62. The summed E-state index contributed by atoms with van der Waals surface area (Å²) in [6.45, 7) is 0. The lowest BCUT2D eigenvalue weighted by atomic mass is 10.0. The van der Waals surface area contributed by atoms with Crippen LogP contribution in [0.5, 0.6) is 0 Å². The minimum absolute atomic E-state index is 0.000000000000000222. The number of hydrogen-bond acceptors (Lipinski definition) is 1. The highest BCUT2D eigenvalue weighted by atomic mass is 32.1. The van der Waals surface area contributed by atoms with Crippen LogP contribution in [0, 0.1) is 0 Å². The maximum Gasteiger partial charge on any atom is 0.160 e. The van der Waals surface area contributed by atoms with Crippen LogP contribution in [-0.2, 0) is 0 Å². The Morgan fingerprint density at radius 2 is 1.12 bits per heavy atom. The zero-order chi connectivity index (χ0) is 6.41. The van der Waals surface area contributed by atoms with E-state index in [2.05, 4.69) is 23.7 Å². The third kappa shape index (κ3) is 9.19. The molecule has 0 bridgehead atoms. The Balaban J connectivity index is 0.000000122. The first-order chi connectivity index (χ1) is 3.73. The van der Waals surface area contributed by atoms with Gasteiger partial charge >= 0.3 is 0 Å². The molecule has 0 aliphatic heterocycles. The van der Waals surface area contributed by atoms with Crippen molar-refractivity contribution in [3.8, 4) is 0 Å². The van der Waals surface area contributed by atoms with Gasteiger partial charge in [-0.1, -0.05) is 25.7 Å². The van der Waals surface area contributed by atoms with Gasteiger partial charge in [-0.2, -0.15) is 0 Å². The van der Waals surface area contributed by atoms with Crippen LogP contribution in [0.25, 0.3) is 0 Å². The Labute approximate surface area is 55.2 Å². The molecule has 0 aromatic rings. The van der Waals surface area contributed by atoms with E-state index >= 15 is 0 Å². The molecule has 8 heavy (non-hydrogen) atoms. The molecule has 3 heteroatoms. The molecule has 0 aromatic carbocycles. The first-order valence-electron chi connectivity index (χ1n) is 2.78. The van der Waals surface area contributed by atoms with Crippen LogP contribution in [0.15, 0.2) is 0 Å². The van der Waals surface area contributed by atoms with Crippen molar-refractivity contribution in [2.75, 3.05) is 0 Å². The van der Waals surface area contributed by atoms with E-state index in [-0.39, 0.29) is 5.11 Å². The number of rotatable bonds is 0. The molecule has 1 rings (SSSR count). The molecule has 0 heterocycles. The summed E-state index contributed by atoms with van der Waals surface area (Å²) in [5.41, 5.74) is 9.24. The first-order valence-corrected chi connectivity index (χ1v) is 3.19. The monoisotopic (exact) mass is 132 g/mol. The van der Waals surface area contributed by atoms with Crippen molar-refractivity contribution in [2.24, 2.45) is 11.5 Å². The van der Waals surface area contributed by atoms with Crippen molar-refractivity contribution in [1.29, 1.82) is 0 Å². The van der Waals surface area contributed by atoms with Gasteiger partial charge in [-0.05, 0) is 12.2 Å². The predicted octanol–water partition coefficient (Wildman–Crippen LogP) is 0.749. The fraction of sp³-hybridized carbons (Fsp3) is 0.800. The van der Waals surface area contributed by atoms with Crippen molar-refractivity contribution in [1.82, 2.24) is 0 Å². The van der Waals surface area contributed by atoms with E-state index in [4.69, 9.17) is 0 Å². The van der Waals surface area contributed by atoms with Crippen LogP contribution in [0.3, 0.4) is 0 Å². The predicted molar refractivity (Wildman–Crippen MR) is 39.4 cm³/mol. The van der Waals surface area contributed by atoms with Gasteiger partial charge in [-0.15, -0.1) is 0 Å². The molecule has 0 spiro atoms. The summed E-state index contributed by atoms with van der Waals surface area (Å²) in [6, 6.07) is 0. The van der Waals surface area contributed by atoms with Crippen LogP contribution < -0.4 is 11.5 Å². The van der Waals surface area contributed by atoms with Crippen LogP contribution in [0.2, 0.25) is 0 Å². The summed E-state index contributed by atoms with van der Waals surface area (Å²) in [7, 11) is 0. The summed E-state index contributed by atoms with van der Waals surface area (Å²) >= 11 is 4.09. The van der Waals surface area contributed by atoms with Crippen LogP contribution in [0.4, 0.5) is 0 Å². The van der Waals surface area contributed by atoms with Crippen LogP contribution in [-0.4, -0.2) is 5.11 Å². The molecule has 1 fully saturated rings. The Bertz CT molecular complexity index is 60.8. The minimum atomic E-state index is 0.000000000000000222. The lowest BCUT2D eigenvalue weighted by molar-refractivity contribution is 0.504. The molecule has 0 radical (unpaired) electrons. The van der Waals surface area contributed by atoms with Gasteiger partial charge in [0.15, 0.2) is 5.11 Å². The van der Waals surface area contributed by atoms with Gasteiger partial charge in [0.25, 0.3) is 0 Å². The van der Waals surface area contributed by atoms with Gasteiger partial charge in [-0.3, -0.25) is 0 Å². The summed E-state index contributed by atoms with van der Waals surface area (Å²) in [4.78, 5) is 0. The quantitative estimate of drug-likeness (QED) is 0.478. The normalized spacial score (nSPS) is 15.0. The summed E-state index contributed by atoms with van der Waals surface area (Å²) in [5, 5.41) is 0.000000000000000222. The molecular formula is C5H12N2S. The molecular weight excluding hydrogens is 120 g/mol. The zero-order valence-corrected chi connectivity index (χ0v) is 5.71. The van der Waals surface area contributed by atoms with Gasteiger partial charge in [0.1, 0.15) is 0 Å². The molecule has 0 saturated heterocycles.